The van der Waals surface area contributed by atoms with Gasteiger partial charge in [-0.2, -0.15) is 0 Å². The van der Waals surface area contributed by atoms with Gasteiger partial charge in [-0.1, -0.05) is 42.5 Å². The van der Waals surface area contributed by atoms with Crippen LogP contribution in [0.5, 0.6) is 0 Å². The van der Waals surface area contributed by atoms with Crippen LogP contribution in [0.25, 0.3) is 44.3 Å². The van der Waals surface area contributed by atoms with Gasteiger partial charge in [0.05, 0.1) is 12.0 Å². The average Bonchev–Trinajstić information content (AvgIpc) is 3.17. The number of nitrogens with zero attached hydrogens (tertiary/aromatic N) is 2. The summed E-state index contributed by atoms with van der Waals surface area (Å²) >= 11 is 0. The lowest BCUT2D eigenvalue weighted by Crippen LogP contribution is -1.91. The van der Waals surface area contributed by atoms with Crippen LogP contribution in [-0.4, -0.2) is 9.97 Å². The Hall–Kier alpha value is -3.46. The van der Waals surface area contributed by atoms with Crippen molar-refractivity contribution in [2.24, 2.45) is 0 Å². The topological polar surface area (TPSA) is 38.9 Å². The van der Waals surface area contributed by atoms with Crippen molar-refractivity contribution in [3.05, 3.63) is 85.4 Å². The molecule has 0 spiro atoms. The van der Waals surface area contributed by atoms with Crippen molar-refractivity contribution < 1.29 is 4.42 Å². The van der Waals surface area contributed by atoms with Crippen LogP contribution in [0.2, 0.25) is 0 Å². The van der Waals surface area contributed by atoms with E-state index < -0.39 is 0 Å². The molecule has 3 heterocycles. The van der Waals surface area contributed by atoms with Gasteiger partial charge in [0, 0.05) is 34.3 Å². The van der Waals surface area contributed by atoms with E-state index in [1.54, 1.807) is 12.5 Å². The molecule has 118 valence electrons. The summed E-state index contributed by atoms with van der Waals surface area (Å²) in [6, 6.07) is 22.5. The first-order valence-electron chi connectivity index (χ1n) is 8.17. The van der Waals surface area contributed by atoms with Crippen LogP contribution < -0.4 is 0 Å². The number of furan rings is 1. The van der Waals surface area contributed by atoms with Gasteiger partial charge in [-0.25, -0.2) is 0 Å². The third-order valence-corrected chi connectivity index (χ3v) is 4.46. The quantitative estimate of drug-likeness (QED) is 0.418. The molecule has 0 aliphatic rings. The zero-order valence-corrected chi connectivity index (χ0v) is 13.4. The van der Waals surface area contributed by atoms with Crippen molar-refractivity contribution in [2.45, 2.75) is 0 Å². The number of pyridine rings is 2. The lowest BCUT2D eigenvalue weighted by atomic mass is 9.96. The van der Waals surface area contributed by atoms with Gasteiger partial charge in [-0.05, 0) is 29.8 Å². The predicted molar refractivity (Wildman–Crippen MR) is 100 cm³/mol. The molecule has 0 unspecified atom stereocenters. The van der Waals surface area contributed by atoms with Crippen LogP contribution >= 0.6 is 0 Å². The van der Waals surface area contributed by atoms with Crippen molar-refractivity contribution >= 4 is 21.9 Å². The molecule has 5 rings (SSSR count). The van der Waals surface area contributed by atoms with Gasteiger partial charge in [-0.15, -0.1) is 0 Å². The third kappa shape index (κ3) is 2.21. The van der Waals surface area contributed by atoms with Crippen LogP contribution in [0.4, 0.5) is 0 Å². The molecule has 0 saturated heterocycles. The maximum absolute atomic E-state index is 5.65. The minimum atomic E-state index is 0.816. The van der Waals surface area contributed by atoms with Gasteiger partial charge in [0.15, 0.2) is 5.58 Å². The van der Waals surface area contributed by atoms with E-state index in [0.717, 1.165) is 44.3 Å². The summed E-state index contributed by atoms with van der Waals surface area (Å²) in [6.45, 7) is 0. The number of hydrogen-bond acceptors (Lipinski definition) is 3. The second kappa shape index (κ2) is 5.56. The van der Waals surface area contributed by atoms with Crippen molar-refractivity contribution in [1.29, 1.82) is 0 Å². The normalized spacial score (nSPS) is 11.2. The Kier molecular flexibility index (Phi) is 3.10. The minimum Gasteiger partial charge on any atom is -0.462 e. The largest absolute Gasteiger partial charge is 0.462 e. The summed E-state index contributed by atoms with van der Waals surface area (Å²) in [7, 11) is 0. The fourth-order valence-electron chi connectivity index (χ4n) is 3.33. The van der Waals surface area contributed by atoms with Crippen molar-refractivity contribution in [3.63, 3.8) is 0 Å². The Balaban J connectivity index is 1.88. The molecule has 0 aliphatic carbocycles. The summed E-state index contributed by atoms with van der Waals surface area (Å²) in [4.78, 5) is 9.26. The molecule has 0 aliphatic heterocycles. The molecule has 0 atom stereocenters. The fourth-order valence-corrected chi connectivity index (χ4v) is 3.33. The molecular formula is C22H14N2O. The van der Waals surface area contributed by atoms with E-state index in [4.69, 9.17) is 9.40 Å². The number of benzene rings is 2. The number of aromatic nitrogens is 2. The standard InChI is InChI=1S/C22H14N2O/c1-2-6-15(7-3-1)17-8-4-11-23-20(17)19-14-16-10-13-25-22(16)21-18(19)9-5-12-24-21/h1-14H. The molecule has 0 bridgehead atoms. The summed E-state index contributed by atoms with van der Waals surface area (Å²) in [5.41, 5.74) is 5.96. The first-order valence-corrected chi connectivity index (χ1v) is 8.17. The van der Waals surface area contributed by atoms with Crippen molar-refractivity contribution in [1.82, 2.24) is 9.97 Å². The summed E-state index contributed by atoms with van der Waals surface area (Å²) in [5, 5.41) is 2.08. The fraction of sp³-hybridized carbons (Fsp3) is 0. The first kappa shape index (κ1) is 13.9. The van der Waals surface area contributed by atoms with E-state index in [1.807, 2.05) is 42.6 Å². The Morgan fingerprint density at radius 2 is 1.56 bits per heavy atom. The minimum absolute atomic E-state index is 0.816. The zero-order chi connectivity index (χ0) is 16.6. The molecule has 5 aromatic rings. The Morgan fingerprint density at radius 1 is 0.720 bits per heavy atom. The van der Waals surface area contributed by atoms with Gasteiger partial charge < -0.3 is 4.42 Å². The Labute approximate surface area is 144 Å². The molecule has 25 heavy (non-hydrogen) atoms. The van der Waals surface area contributed by atoms with E-state index in [2.05, 4.69) is 35.3 Å². The van der Waals surface area contributed by atoms with Crippen molar-refractivity contribution in [2.75, 3.05) is 0 Å². The number of fused-ring (bicyclic) bond motifs is 3. The SMILES string of the molecule is c1ccc(-c2cccnc2-c2cc3ccoc3c3ncccc23)cc1. The smallest absolute Gasteiger partial charge is 0.160 e. The molecule has 3 nitrogen and oxygen atoms in total. The Morgan fingerprint density at radius 3 is 2.48 bits per heavy atom. The highest BCUT2D eigenvalue weighted by molar-refractivity contribution is 6.10. The zero-order valence-electron chi connectivity index (χ0n) is 13.4. The van der Waals surface area contributed by atoms with Gasteiger partial charge >= 0.3 is 0 Å². The van der Waals surface area contributed by atoms with Crippen LogP contribution in [0.3, 0.4) is 0 Å². The highest BCUT2D eigenvalue weighted by atomic mass is 16.3. The summed E-state index contributed by atoms with van der Waals surface area (Å²) in [6.07, 6.45) is 5.34. The maximum atomic E-state index is 5.65. The van der Waals surface area contributed by atoms with E-state index in [1.165, 1.54) is 0 Å². The summed E-state index contributed by atoms with van der Waals surface area (Å²) in [5.74, 6) is 0. The second-order valence-corrected chi connectivity index (χ2v) is 5.93. The lowest BCUT2D eigenvalue weighted by Gasteiger charge is -2.11. The van der Waals surface area contributed by atoms with Crippen LogP contribution in [0, 0.1) is 0 Å². The van der Waals surface area contributed by atoms with E-state index in [0.29, 0.717) is 0 Å². The van der Waals surface area contributed by atoms with Crippen LogP contribution in [0.1, 0.15) is 0 Å². The number of rotatable bonds is 2. The third-order valence-electron chi connectivity index (χ3n) is 4.46. The molecule has 0 radical (unpaired) electrons. The average molecular weight is 322 g/mol. The first-order chi connectivity index (χ1) is 12.4. The van der Waals surface area contributed by atoms with Gasteiger partial charge in [0.1, 0.15) is 5.52 Å². The molecule has 0 saturated carbocycles. The molecule has 3 heteroatoms. The van der Waals surface area contributed by atoms with Gasteiger partial charge in [0.2, 0.25) is 0 Å². The van der Waals surface area contributed by atoms with Gasteiger partial charge in [0.25, 0.3) is 0 Å². The monoisotopic (exact) mass is 322 g/mol. The lowest BCUT2D eigenvalue weighted by molar-refractivity contribution is 0.618. The Bertz CT molecular complexity index is 1190. The van der Waals surface area contributed by atoms with Gasteiger partial charge in [-0.3, -0.25) is 9.97 Å². The highest BCUT2D eigenvalue weighted by Gasteiger charge is 2.15. The van der Waals surface area contributed by atoms with E-state index in [9.17, 15) is 0 Å². The molecular weight excluding hydrogens is 308 g/mol. The highest BCUT2D eigenvalue weighted by Crippen LogP contribution is 2.37. The van der Waals surface area contributed by atoms with Crippen LogP contribution in [0.15, 0.2) is 89.8 Å². The van der Waals surface area contributed by atoms with Crippen molar-refractivity contribution in [3.8, 4) is 22.4 Å². The number of hydrogen-bond donors (Lipinski definition) is 0. The van der Waals surface area contributed by atoms with Crippen LogP contribution in [-0.2, 0) is 0 Å². The molecule has 0 amide bonds. The molecule has 0 N–H and O–H groups in total. The molecule has 3 aromatic heterocycles. The summed E-state index contributed by atoms with van der Waals surface area (Å²) < 4.78 is 5.65. The second-order valence-electron chi connectivity index (χ2n) is 5.93. The van der Waals surface area contributed by atoms with E-state index >= 15 is 0 Å². The molecule has 0 fully saturated rings. The molecule has 2 aromatic carbocycles. The maximum Gasteiger partial charge on any atom is 0.160 e. The van der Waals surface area contributed by atoms with E-state index in [-0.39, 0.29) is 0 Å². The predicted octanol–water partition coefficient (Wildman–Crippen LogP) is 5.71.